The highest BCUT2D eigenvalue weighted by Crippen LogP contribution is 2.73. The predicted octanol–water partition coefficient (Wildman–Crippen LogP) is 7.54. The molecule has 0 radical (unpaired) electrons. The van der Waals surface area contributed by atoms with Crippen molar-refractivity contribution in [1.29, 1.82) is 0 Å². The van der Waals surface area contributed by atoms with Crippen LogP contribution < -0.4 is 0 Å². The molecule has 2 aliphatic carbocycles. The lowest BCUT2D eigenvalue weighted by Crippen LogP contribution is -2.42. The molecule has 0 amide bonds. The van der Waals surface area contributed by atoms with Crippen LogP contribution in [-0.2, 0) is 9.16 Å². The van der Waals surface area contributed by atoms with E-state index in [0.29, 0.717) is 39.9 Å². The summed E-state index contributed by atoms with van der Waals surface area (Å²) in [6.45, 7) is 27.7. The summed E-state index contributed by atoms with van der Waals surface area (Å²) >= 11 is 0. The van der Waals surface area contributed by atoms with E-state index in [1.807, 2.05) is 0 Å². The van der Waals surface area contributed by atoms with Gasteiger partial charge in [0.2, 0.25) is 0 Å². The fourth-order valence-electron chi connectivity index (χ4n) is 7.22. The smallest absolute Gasteiger partial charge is 0.191 e. The van der Waals surface area contributed by atoms with E-state index < -0.39 is 8.32 Å². The molecule has 1 aliphatic heterocycles. The number of hydrogen-bond acceptors (Lipinski definition) is 2. The molecule has 3 heteroatoms. The molecular weight excluding hydrogens is 372 g/mol. The lowest BCUT2D eigenvalue weighted by atomic mass is 9.59. The second kappa shape index (κ2) is 7.62. The van der Waals surface area contributed by atoms with Gasteiger partial charge in [0.1, 0.15) is 0 Å². The van der Waals surface area contributed by atoms with Gasteiger partial charge >= 0.3 is 0 Å². The van der Waals surface area contributed by atoms with E-state index in [9.17, 15) is 0 Å². The van der Waals surface area contributed by atoms with Gasteiger partial charge in [0.05, 0.1) is 12.2 Å². The summed E-state index contributed by atoms with van der Waals surface area (Å²) in [4.78, 5) is 0. The highest BCUT2D eigenvalue weighted by Gasteiger charge is 2.70. The molecule has 0 aromatic heterocycles. The molecule has 0 aromatic carbocycles. The van der Waals surface area contributed by atoms with Gasteiger partial charge in [0, 0.05) is 6.61 Å². The van der Waals surface area contributed by atoms with Crippen LogP contribution in [0.3, 0.4) is 0 Å². The van der Waals surface area contributed by atoms with Crippen LogP contribution in [0.1, 0.15) is 88.0 Å². The Bertz CT molecular complexity index is 596. The molecule has 1 heterocycles. The molecular formula is C26H50O2Si. The first kappa shape index (κ1) is 23.8. The van der Waals surface area contributed by atoms with Gasteiger partial charge in [-0.3, -0.25) is 0 Å². The summed E-state index contributed by atoms with van der Waals surface area (Å²) in [7, 11) is -1.64. The Morgan fingerprint density at radius 1 is 1.10 bits per heavy atom. The molecule has 3 fully saturated rings. The van der Waals surface area contributed by atoms with Gasteiger partial charge in [-0.15, -0.1) is 0 Å². The van der Waals surface area contributed by atoms with Crippen molar-refractivity contribution < 1.29 is 9.16 Å². The van der Waals surface area contributed by atoms with Gasteiger partial charge in [-0.25, -0.2) is 0 Å². The maximum Gasteiger partial charge on any atom is 0.191 e. The van der Waals surface area contributed by atoms with Gasteiger partial charge in [-0.2, -0.15) is 0 Å². The van der Waals surface area contributed by atoms with Crippen molar-refractivity contribution in [1.82, 2.24) is 0 Å². The third kappa shape index (κ3) is 3.69. The Hall–Kier alpha value is 0.137. The van der Waals surface area contributed by atoms with Crippen molar-refractivity contribution in [2.24, 2.45) is 40.4 Å². The van der Waals surface area contributed by atoms with E-state index in [4.69, 9.17) is 9.16 Å². The lowest BCUT2D eigenvalue weighted by Gasteiger charge is -2.45. The molecule has 0 aromatic rings. The van der Waals surface area contributed by atoms with Crippen LogP contribution in [0.15, 0.2) is 0 Å². The molecule has 170 valence electrons. The standard InChI is InChI=1S/C26H50O2Si/c1-17(16-27-29(10,11)24(5,6)7)12-13-21-20(4)23-22(28-21)15-25(8)18(2)14-19(3)26(23,25)9/h17-23H,12-16H2,1-11H3/t17-,18?,19?,20-,21-,22+,23+,25+,26-/m1/s1. The molecule has 9 atom stereocenters. The van der Waals surface area contributed by atoms with Crippen LogP contribution in [0.5, 0.6) is 0 Å². The normalized spacial score (nSPS) is 46.0. The van der Waals surface area contributed by atoms with Gasteiger partial charge in [-0.05, 0) is 84.2 Å². The summed E-state index contributed by atoms with van der Waals surface area (Å²) in [6.07, 6.45) is 6.05. The monoisotopic (exact) mass is 422 g/mol. The van der Waals surface area contributed by atoms with E-state index in [0.717, 1.165) is 24.4 Å². The molecule has 3 aliphatic rings. The van der Waals surface area contributed by atoms with E-state index in [-0.39, 0.29) is 0 Å². The summed E-state index contributed by atoms with van der Waals surface area (Å²) in [5.41, 5.74) is 0.910. The van der Waals surface area contributed by atoms with Crippen LogP contribution in [0.4, 0.5) is 0 Å². The quantitative estimate of drug-likeness (QED) is 0.412. The summed E-state index contributed by atoms with van der Waals surface area (Å²) < 4.78 is 13.3. The zero-order chi connectivity index (χ0) is 22.0. The van der Waals surface area contributed by atoms with E-state index in [2.05, 4.69) is 75.4 Å². The number of rotatable bonds is 6. The van der Waals surface area contributed by atoms with Crippen LogP contribution >= 0.6 is 0 Å². The Balaban J connectivity index is 1.57. The molecule has 2 saturated carbocycles. The minimum atomic E-state index is -1.64. The van der Waals surface area contributed by atoms with Crippen molar-refractivity contribution >= 4 is 8.32 Å². The van der Waals surface area contributed by atoms with E-state index in [1.165, 1.54) is 25.7 Å². The maximum absolute atomic E-state index is 6.78. The maximum atomic E-state index is 6.78. The molecule has 3 rings (SSSR count). The minimum Gasteiger partial charge on any atom is -0.417 e. The highest BCUT2D eigenvalue weighted by molar-refractivity contribution is 6.74. The second-order valence-electron chi connectivity index (χ2n) is 13.3. The summed E-state index contributed by atoms with van der Waals surface area (Å²) in [5.74, 6) is 3.70. The largest absolute Gasteiger partial charge is 0.417 e. The topological polar surface area (TPSA) is 18.5 Å². The van der Waals surface area contributed by atoms with Crippen LogP contribution in [-0.4, -0.2) is 27.1 Å². The van der Waals surface area contributed by atoms with Crippen LogP contribution in [0.25, 0.3) is 0 Å². The Labute approximate surface area is 183 Å². The predicted molar refractivity (Wildman–Crippen MR) is 127 cm³/mol. The minimum absolute atomic E-state index is 0.296. The van der Waals surface area contributed by atoms with Crippen LogP contribution in [0.2, 0.25) is 18.1 Å². The number of ether oxygens (including phenoxy) is 1. The molecule has 1 saturated heterocycles. The Kier molecular flexibility index (Phi) is 6.25. The molecule has 2 nitrogen and oxygen atoms in total. The molecule has 2 unspecified atom stereocenters. The summed E-state index contributed by atoms with van der Waals surface area (Å²) in [6, 6.07) is 0. The fraction of sp³-hybridized carbons (Fsp3) is 1.00. The van der Waals surface area contributed by atoms with Gasteiger partial charge in [-0.1, -0.05) is 62.3 Å². The van der Waals surface area contributed by atoms with E-state index in [1.54, 1.807) is 0 Å². The first-order valence-corrected chi connectivity index (χ1v) is 15.4. The van der Waals surface area contributed by atoms with Crippen molar-refractivity contribution in [3.05, 3.63) is 0 Å². The first-order valence-electron chi connectivity index (χ1n) is 12.4. The zero-order valence-corrected chi connectivity index (χ0v) is 22.4. The SMILES string of the molecule is CC1CC(C)[C@]2(C)[C@H]3[C@H](C)[C@@H](CC[C@@H](C)CO[Si](C)(C)C(C)(C)C)O[C@H]3C[C@@]12C. The van der Waals surface area contributed by atoms with Gasteiger partial charge in [0.15, 0.2) is 8.32 Å². The van der Waals surface area contributed by atoms with Crippen molar-refractivity contribution in [3.63, 3.8) is 0 Å². The average Bonchev–Trinajstić information content (AvgIpc) is 3.08. The molecule has 0 N–H and O–H groups in total. The second-order valence-corrected chi connectivity index (χ2v) is 18.1. The van der Waals surface area contributed by atoms with Gasteiger partial charge < -0.3 is 9.16 Å². The average molecular weight is 423 g/mol. The zero-order valence-electron chi connectivity index (χ0n) is 21.4. The van der Waals surface area contributed by atoms with Crippen molar-refractivity contribution in [3.8, 4) is 0 Å². The highest BCUT2D eigenvalue weighted by atomic mass is 28.4. The van der Waals surface area contributed by atoms with Crippen molar-refractivity contribution in [2.45, 2.75) is 118 Å². The molecule has 0 spiro atoms. The lowest BCUT2D eigenvalue weighted by molar-refractivity contribution is -0.000755. The molecule has 29 heavy (non-hydrogen) atoms. The first-order chi connectivity index (χ1) is 13.1. The Morgan fingerprint density at radius 3 is 2.31 bits per heavy atom. The number of fused-ring (bicyclic) bond motifs is 3. The molecule has 0 bridgehead atoms. The third-order valence-electron chi connectivity index (χ3n) is 10.7. The van der Waals surface area contributed by atoms with Gasteiger partial charge in [0.25, 0.3) is 0 Å². The van der Waals surface area contributed by atoms with Crippen molar-refractivity contribution in [2.75, 3.05) is 6.61 Å². The fourth-order valence-corrected chi connectivity index (χ4v) is 8.35. The van der Waals surface area contributed by atoms with Crippen LogP contribution in [0, 0.1) is 40.4 Å². The Morgan fingerprint density at radius 2 is 1.72 bits per heavy atom. The number of hydrogen-bond donors (Lipinski definition) is 0. The van der Waals surface area contributed by atoms with E-state index >= 15 is 0 Å². The third-order valence-corrected chi connectivity index (χ3v) is 15.2. The summed E-state index contributed by atoms with van der Waals surface area (Å²) in [5, 5.41) is 0.296.